The largest absolute Gasteiger partial charge is 0.386 e. The fourth-order valence-electron chi connectivity index (χ4n) is 2.24. The number of hydrogen-bond donors (Lipinski definition) is 2. The molecule has 0 unspecified atom stereocenters. The van der Waals surface area contributed by atoms with Crippen LogP contribution >= 0.6 is 0 Å². The van der Waals surface area contributed by atoms with Gasteiger partial charge in [0.05, 0.1) is 5.60 Å². The standard InChI is InChI=1S/C13H19NO/c1-13(2,15)11-7-5-8-12-10(11)6-3-4-9-14-12/h5,7-8,14-15H,3-4,6,9H2,1-2H3. The van der Waals surface area contributed by atoms with Gasteiger partial charge in [-0.2, -0.15) is 0 Å². The molecule has 1 aromatic rings. The molecule has 0 radical (unpaired) electrons. The van der Waals surface area contributed by atoms with Crippen molar-refractivity contribution in [2.75, 3.05) is 11.9 Å². The molecule has 0 aromatic heterocycles. The lowest BCUT2D eigenvalue weighted by molar-refractivity contribution is 0.0777. The zero-order valence-electron chi connectivity index (χ0n) is 9.51. The molecule has 0 saturated carbocycles. The van der Waals surface area contributed by atoms with Gasteiger partial charge in [-0.1, -0.05) is 12.1 Å². The van der Waals surface area contributed by atoms with E-state index in [1.54, 1.807) is 0 Å². The number of aliphatic hydroxyl groups is 1. The summed E-state index contributed by atoms with van der Waals surface area (Å²) in [4.78, 5) is 0. The summed E-state index contributed by atoms with van der Waals surface area (Å²) >= 11 is 0. The van der Waals surface area contributed by atoms with E-state index in [1.807, 2.05) is 26.0 Å². The summed E-state index contributed by atoms with van der Waals surface area (Å²) < 4.78 is 0. The second-order valence-corrected chi connectivity index (χ2v) is 4.77. The van der Waals surface area contributed by atoms with E-state index in [0.29, 0.717) is 0 Å². The average Bonchev–Trinajstić information content (AvgIpc) is 2.39. The van der Waals surface area contributed by atoms with Crippen LogP contribution in [0.25, 0.3) is 0 Å². The first-order valence-corrected chi connectivity index (χ1v) is 5.67. The Morgan fingerprint density at radius 2 is 2.07 bits per heavy atom. The Kier molecular flexibility index (Phi) is 2.70. The Morgan fingerprint density at radius 1 is 1.27 bits per heavy atom. The van der Waals surface area contributed by atoms with Crippen LogP contribution in [0.15, 0.2) is 18.2 Å². The third-order valence-corrected chi connectivity index (χ3v) is 3.00. The third kappa shape index (κ3) is 2.15. The molecule has 0 fully saturated rings. The minimum absolute atomic E-state index is 0.739. The highest BCUT2D eigenvalue weighted by Crippen LogP contribution is 2.31. The van der Waals surface area contributed by atoms with Crippen LogP contribution in [0.4, 0.5) is 5.69 Å². The van der Waals surface area contributed by atoms with Crippen molar-refractivity contribution in [2.24, 2.45) is 0 Å². The highest BCUT2D eigenvalue weighted by atomic mass is 16.3. The first kappa shape index (κ1) is 10.5. The number of anilines is 1. The van der Waals surface area contributed by atoms with Gasteiger partial charge in [0.15, 0.2) is 0 Å². The topological polar surface area (TPSA) is 32.3 Å². The molecule has 0 amide bonds. The molecule has 2 heteroatoms. The second-order valence-electron chi connectivity index (χ2n) is 4.77. The second kappa shape index (κ2) is 3.86. The lowest BCUT2D eigenvalue weighted by atomic mass is 9.90. The van der Waals surface area contributed by atoms with E-state index >= 15 is 0 Å². The molecule has 0 atom stereocenters. The van der Waals surface area contributed by atoms with Crippen molar-refractivity contribution in [3.8, 4) is 0 Å². The molecular formula is C13H19NO. The quantitative estimate of drug-likeness (QED) is 0.738. The number of rotatable bonds is 1. The van der Waals surface area contributed by atoms with Gasteiger partial charge in [0.2, 0.25) is 0 Å². The van der Waals surface area contributed by atoms with E-state index in [1.165, 1.54) is 24.1 Å². The first-order valence-electron chi connectivity index (χ1n) is 5.67. The van der Waals surface area contributed by atoms with Gasteiger partial charge in [-0.15, -0.1) is 0 Å². The van der Waals surface area contributed by atoms with Crippen molar-refractivity contribution in [2.45, 2.75) is 38.7 Å². The third-order valence-electron chi connectivity index (χ3n) is 3.00. The SMILES string of the molecule is CC(C)(O)c1cccc2c1CCCCN2. The average molecular weight is 205 g/mol. The Bertz CT molecular complexity index is 352. The number of nitrogens with one attached hydrogen (secondary N) is 1. The molecule has 0 bridgehead atoms. The summed E-state index contributed by atoms with van der Waals surface area (Å²) in [7, 11) is 0. The Hall–Kier alpha value is -1.02. The van der Waals surface area contributed by atoms with Crippen LogP contribution in [0.2, 0.25) is 0 Å². The van der Waals surface area contributed by atoms with E-state index in [9.17, 15) is 5.11 Å². The van der Waals surface area contributed by atoms with E-state index in [-0.39, 0.29) is 0 Å². The van der Waals surface area contributed by atoms with Crippen LogP contribution in [-0.2, 0) is 12.0 Å². The fourth-order valence-corrected chi connectivity index (χ4v) is 2.24. The van der Waals surface area contributed by atoms with Crippen LogP contribution in [0.5, 0.6) is 0 Å². The fraction of sp³-hybridized carbons (Fsp3) is 0.538. The van der Waals surface area contributed by atoms with Gasteiger partial charge in [0.1, 0.15) is 0 Å². The zero-order chi connectivity index (χ0) is 10.9. The highest BCUT2D eigenvalue weighted by molar-refractivity contribution is 5.56. The summed E-state index contributed by atoms with van der Waals surface area (Å²) in [6.07, 6.45) is 3.48. The molecule has 1 aromatic carbocycles. The zero-order valence-corrected chi connectivity index (χ0v) is 9.51. The predicted molar refractivity (Wildman–Crippen MR) is 63.1 cm³/mol. The smallest absolute Gasteiger partial charge is 0.0843 e. The first-order chi connectivity index (χ1) is 7.09. The van der Waals surface area contributed by atoms with Crippen LogP contribution in [-0.4, -0.2) is 11.7 Å². The van der Waals surface area contributed by atoms with Gasteiger partial charge >= 0.3 is 0 Å². The Morgan fingerprint density at radius 3 is 2.80 bits per heavy atom. The van der Waals surface area contributed by atoms with Crippen molar-refractivity contribution in [3.63, 3.8) is 0 Å². The normalized spacial score (nSPS) is 16.5. The Balaban J connectivity index is 2.48. The molecule has 15 heavy (non-hydrogen) atoms. The van der Waals surface area contributed by atoms with Crippen molar-refractivity contribution in [3.05, 3.63) is 29.3 Å². The number of benzene rings is 1. The lowest BCUT2D eigenvalue weighted by Crippen LogP contribution is -2.18. The monoisotopic (exact) mass is 205 g/mol. The van der Waals surface area contributed by atoms with Crippen LogP contribution < -0.4 is 5.32 Å². The van der Waals surface area contributed by atoms with Gasteiger partial charge in [0.25, 0.3) is 0 Å². The molecule has 0 spiro atoms. The summed E-state index contributed by atoms with van der Waals surface area (Å²) in [6.45, 7) is 4.75. The number of hydrogen-bond acceptors (Lipinski definition) is 2. The number of fused-ring (bicyclic) bond motifs is 1. The van der Waals surface area contributed by atoms with Gasteiger partial charge in [0, 0.05) is 12.2 Å². The lowest BCUT2D eigenvalue weighted by Gasteiger charge is -2.23. The van der Waals surface area contributed by atoms with Gasteiger partial charge in [-0.05, 0) is 50.3 Å². The molecule has 1 aliphatic rings. The maximum absolute atomic E-state index is 10.1. The van der Waals surface area contributed by atoms with Gasteiger partial charge in [-0.3, -0.25) is 0 Å². The summed E-state index contributed by atoms with van der Waals surface area (Å²) in [5.41, 5.74) is 2.82. The summed E-state index contributed by atoms with van der Waals surface area (Å²) in [5, 5.41) is 13.5. The maximum atomic E-state index is 10.1. The van der Waals surface area contributed by atoms with Crippen molar-refractivity contribution >= 4 is 5.69 Å². The molecule has 2 N–H and O–H groups in total. The maximum Gasteiger partial charge on any atom is 0.0843 e. The molecule has 0 saturated heterocycles. The van der Waals surface area contributed by atoms with Crippen molar-refractivity contribution < 1.29 is 5.11 Å². The van der Waals surface area contributed by atoms with Crippen LogP contribution in [0.3, 0.4) is 0 Å². The molecule has 1 aliphatic heterocycles. The van der Waals surface area contributed by atoms with E-state index in [4.69, 9.17) is 0 Å². The summed E-state index contributed by atoms with van der Waals surface area (Å²) in [5.74, 6) is 0. The van der Waals surface area contributed by atoms with Crippen LogP contribution in [0.1, 0.15) is 37.8 Å². The van der Waals surface area contributed by atoms with Gasteiger partial charge < -0.3 is 10.4 Å². The molecular weight excluding hydrogens is 186 g/mol. The molecule has 2 rings (SSSR count). The predicted octanol–water partition coefficient (Wildman–Crippen LogP) is 2.66. The minimum Gasteiger partial charge on any atom is -0.386 e. The van der Waals surface area contributed by atoms with E-state index in [2.05, 4.69) is 11.4 Å². The molecule has 0 aliphatic carbocycles. The minimum atomic E-state index is -0.739. The van der Waals surface area contributed by atoms with Crippen molar-refractivity contribution in [1.29, 1.82) is 0 Å². The van der Waals surface area contributed by atoms with E-state index < -0.39 is 5.60 Å². The molecule has 82 valence electrons. The van der Waals surface area contributed by atoms with Gasteiger partial charge in [-0.25, -0.2) is 0 Å². The molecule has 2 nitrogen and oxygen atoms in total. The van der Waals surface area contributed by atoms with Crippen molar-refractivity contribution in [1.82, 2.24) is 0 Å². The van der Waals surface area contributed by atoms with Crippen LogP contribution in [0, 0.1) is 0 Å². The Labute approximate surface area is 91.3 Å². The molecule has 1 heterocycles. The summed E-state index contributed by atoms with van der Waals surface area (Å²) in [6, 6.07) is 6.16. The van der Waals surface area contributed by atoms with E-state index in [0.717, 1.165) is 18.5 Å². The highest BCUT2D eigenvalue weighted by Gasteiger charge is 2.22.